The van der Waals surface area contributed by atoms with Crippen LogP contribution in [0, 0.1) is 0 Å². The fourth-order valence-corrected chi connectivity index (χ4v) is 3.94. The predicted octanol–water partition coefficient (Wildman–Crippen LogP) is 5.44. The summed E-state index contributed by atoms with van der Waals surface area (Å²) in [4.78, 5) is 4.78. The molecule has 4 rings (SSSR count). The normalized spacial score (nSPS) is 12.3. The molecule has 0 atom stereocenters. The molecule has 1 aromatic heterocycles. The Morgan fingerprint density at radius 3 is 2.23 bits per heavy atom. The summed E-state index contributed by atoms with van der Waals surface area (Å²) in [5.74, 6) is 0. The lowest BCUT2D eigenvalue weighted by molar-refractivity contribution is -0.0893. The molecular weight excluding hydrogens is 389 g/mol. The van der Waals surface area contributed by atoms with Gasteiger partial charge in [0, 0.05) is 5.56 Å². The molecule has 1 heterocycles. The summed E-state index contributed by atoms with van der Waals surface area (Å²) >= 11 is 1.71. The zero-order chi connectivity index (χ0) is 21.4. The topological polar surface area (TPSA) is 42.4 Å². The maximum atomic E-state index is 10.3. The maximum absolute atomic E-state index is 10.3. The molecule has 0 aliphatic rings. The van der Waals surface area contributed by atoms with Gasteiger partial charge in [-0.1, -0.05) is 60.1 Å². The summed E-state index contributed by atoms with van der Waals surface area (Å²) < 4.78 is 7.11. The number of fused-ring (bicyclic) bond motifs is 1. The maximum Gasteiger partial charge on any atom is 0.330 e. The van der Waals surface area contributed by atoms with E-state index in [-0.39, 0.29) is 0 Å². The van der Waals surface area contributed by atoms with E-state index in [4.69, 9.17) is 9.64 Å². The van der Waals surface area contributed by atoms with Gasteiger partial charge in [0.1, 0.15) is 5.01 Å². The first-order chi connectivity index (χ1) is 14.2. The molecule has 0 spiro atoms. The van der Waals surface area contributed by atoms with Crippen LogP contribution in [0.25, 0.3) is 31.9 Å². The predicted molar refractivity (Wildman–Crippen MR) is 127 cm³/mol. The van der Waals surface area contributed by atoms with Gasteiger partial charge in [-0.2, -0.15) is 0 Å². The largest absolute Gasteiger partial charge is 0.427 e. The molecule has 0 bridgehead atoms. The zero-order valence-corrected chi connectivity index (χ0v) is 18.5. The molecule has 0 aliphatic carbocycles. The van der Waals surface area contributed by atoms with E-state index < -0.39 is 11.2 Å². The molecule has 5 heteroatoms. The molecule has 0 saturated carbocycles. The number of aliphatic hydroxyl groups is 1. The van der Waals surface area contributed by atoms with Crippen LogP contribution >= 0.6 is 11.3 Å². The highest BCUT2D eigenvalue weighted by Gasteiger charge is 2.35. The van der Waals surface area contributed by atoms with Gasteiger partial charge in [-0.3, -0.25) is 0 Å². The van der Waals surface area contributed by atoms with Crippen molar-refractivity contribution in [3.05, 3.63) is 72.8 Å². The van der Waals surface area contributed by atoms with Crippen LogP contribution in [0.1, 0.15) is 27.7 Å². The third-order valence-electron chi connectivity index (χ3n) is 5.59. The first-order valence-electron chi connectivity index (χ1n) is 10.0. The van der Waals surface area contributed by atoms with Gasteiger partial charge in [-0.15, -0.1) is 11.3 Å². The van der Waals surface area contributed by atoms with Crippen molar-refractivity contribution in [2.45, 2.75) is 38.9 Å². The summed E-state index contributed by atoms with van der Waals surface area (Å²) in [5.41, 5.74) is 3.69. The molecule has 0 saturated heterocycles. The highest BCUT2D eigenvalue weighted by atomic mass is 32.1. The van der Waals surface area contributed by atoms with Gasteiger partial charge in [-0.25, -0.2) is 4.98 Å². The Kier molecular flexibility index (Phi) is 5.54. The number of thiazole rings is 1. The van der Waals surface area contributed by atoms with Crippen molar-refractivity contribution in [3.63, 3.8) is 0 Å². The Balaban J connectivity index is 1.59. The molecule has 0 aliphatic heterocycles. The number of benzene rings is 3. The van der Waals surface area contributed by atoms with E-state index in [1.54, 1.807) is 32.7 Å². The number of hydrogen-bond donors (Lipinski definition) is 1. The van der Waals surface area contributed by atoms with E-state index in [0.29, 0.717) is 0 Å². The Bertz CT molecular complexity index is 1140. The van der Waals surface area contributed by atoms with Crippen molar-refractivity contribution in [2.75, 3.05) is 0 Å². The van der Waals surface area contributed by atoms with Crippen LogP contribution in [0.15, 0.2) is 72.8 Å². The van der Waals surface area contributed by atoms with E-state index in [2.05, 4.69) is 42.5 Å². The van der Waals surface area contributed by atoms with Crippen molar-refractivity contribution in [2.24, 2.45) is 0 Å². The summed E-state index contributed by atoms with van der Waals surface area (Å²) in [6.07, 6.45) is 0. The molecule has 0 unspecified atom stereocenters. The van der Waals surface area contributed by atoms with Crippen molar-refractivity contribution in [1.82, 2.24) is 4.98 Å². The highest BCUT2D eigenvalue weighted by Crippen LogP contribution is 2.32. The van der Waals surface area contributed by atoms with Crippen molar-refractivity contribution < 1.29 is 9.76 Å². The van der Waals surface area contributed by atoms with E-state index >= 15 is 0 Å². The molecule has 3 aromatic carbocycles. The van der Waals surface area contributed by atoms with E-state index in [9.17, 15) is 5.11 Å². The monoisotopic (exact) mass is 414 g/mol. The van der Waals surface area contributed by atoms with Crippen LogP contribution in [0.2, 0.25) is 0 Å². The SMILES string of the molecule is CC(C)(O)C(C)(C)O[B]c1cccc(-c2cccc(-c3nc4ccccc4s3)c2)c1. The molecule has 3 nitrogen and oxygen atoms in total. The summed E-state index contributed by atoms with van der Waals surface area (Å²) in [6.45, 7) is 7.28. The lowest BCUT2D eigenvalue weighted by Crippen LogP contribution is -2.49. The van der Waals surface area contributed by atoms with E-state index in [0.717, 1.165) is 32.7 Å². The lowest BCUT2D eigenvalue weighted by Gasteiger charge is -2.37. The van der Waals surface area contributed by atoms with Gasteiger partial charge >= 0.3 is 7.48 Å². The molecule has 1 radical (unpaired) electrons. The van der Waals surface area contributed by atoms with Crippen molar-refractivity contribution in [3.8, 4) is 21.7 Å². The molecule has 0 amide bonds. The molecular formula is C25H25BNO2S. The average molecular weight is 414 g/mol. The van der Waals surface area contributed by atoms with Crippen LogP contribution in [0.3, 0.4) is 0 Å². The van der Waals surface area contributed by atoms with Gasteiger partial charge in [0.2, 0.25) is 0 Å². The van der Waals surface area contributed by atoms with Gasteiger partial charge in [0.15, 0.2) is 0 Å². The van der Waals surface area contributed by atoms with Crippen molar-refractivity contribution >= 4 is 34.5 Å². The Hall–Kier alpha value is -2.47. The fraction of sp³-hybridized carbons (Fsp3) is 0.240. The van der Waals surface area contributed by atoms with E-state index in [1.165, 1.54) is 4.70 Å². The third kappa shape index (κ3) is 4.34. The van der Waals surface area contributed by atoms with Gasteiger partial charge in [0.05, 0.1) is 21.4 Å². The quantitative estimate of drug-likeness (QED) is 0.427. The smallest absolute Gasteiger partial charge is 0.330 e. The minimum Gasteiger partial charge on any atom is -0.427 e. The first-order valence-corrected chi connectivity index (χ1v) is 10.8. The number of aromatic nitrogens is 1. The summed E-state index contributed by atoms with van der Waals surface area (Å²) in [5, 5.41) is 11.3. The number of hydrogen-bond acceptors (Lipinski definition) is 4. The first kappa shape index (κ1) is 20.8. The Morgan fingerprint density at radius 2 is 1.50 bits per heavy atom. The number of nitrogens with zero attached hydrogens (tertiary/aromatic N) is 1. The number of rotatable bonds is 6. The van der Waals surface area contributed by atoms with Crippen LogP contribution in [0.5, 0.6) is 0 Å². The Morgan fingerprint density at radius 1 is 0.833 bits per heavy atom. The second-order valence-electron chi connectivity index (χ2n) is 8.50. The summed E-state index contributed by atoms with van der Waals surface area (Å²) in [6, 6.07) is 24.9. The highest BCUT2D eigenvalue weighted by molar-refractivity contribution is 7.21. The van der Waals surface area contributed by atoms with Crippen LogP contribution in [-0.4, -0.2) is 28.8 Å². The van der Waals surface area contributed by atoms with Crippen LogP contribution < -0.4 is 5.46 Å². The molecule has 0 fully saturated rings. The van der Waals surface area contributed by atoms with Crippen LogP contribution in [-0.2, 0) is 4.65 Å². The van der Waals surface area contributed by atoms with Gasteiger partial charge in [0.25, 0.3) is 0 Å². The standard InChI is InChI=1S/C25H25BNO2S/c1-24(2,28)25(3,4)29-26-20-12-8-10-18(16-20)17-9-7-11-19(15-17)23-27-21-13-5-6-14-22(21)30-23/h5-16,28H,1-4H3. The van der Waals surface area contributed by atoms with E-state index in [1.807, 2.05) is 44.2 Å². The Labute approximate surface area is 182 Å². The van der Waals surface area contributed by atoms with Crippen molar-refractivity contribution in [1.29, 1.82) is 0 Å². The van der Waals surface area contributed by atoms with Crippen LogP contribution in [0.4, 0.5) is 0 Å². The van der Waals surface area contributed by atoms with Gasteiger partial charge in [-0.05, 0) is 57.0 Å². The fourth-order valence-electron chi connectivity index (χ4n) is 2.98. The minimum absolute atomic E-state index is 0.699. The number of para-hydroxylation sites is 1. The minimum atomic E-state index is -0.952. The average Bonchev–Trinajstić information content (AvgIpc) is 3.16. The lowest BCUT2D eigenvalue weighted by atomic mass is 9.81. The molecule has 1 N–H and O–H groups in total. The van der Waals surface area contributed by atoms with Gasteiger partial charge < -0.3 is 9.76 Å². The third-order valence-corrected chi connectivity index (χ3v) is 6.67. The molecule has 151 valence electrons. The second-order valence-corrected chi connectivity index (χ2v) is 9.53. The zero-order valence-electron chi connectivity index (χ0n) is 17.7. The molecule has 30 heavy (non-hydrogen) atoms. The summed E-state index contributed by atoms with van der Waals surface area (Å²) in [7, 11) is 1.72. The second kappa shape index (κ2) is 7.99. The molecule has 4 aromatic rings.